The van der Waals surface area contributed by atoms with Gasteiger partial charge in [-0.25, -0.2) is 8.78 Å². The summed E-state index contributed by atoms with van der Waals surface area (Å²) in [5, 5.41) is 3.34. The zero-order valence-electron chi connectivity index (χ0n) is 11.5. The molecule has 0 bridgehead atoms. The van der Waals surface area contributed by atoms with Crippen molar-refractivity contribution in [2.24, 2.45) is 0 Å². The maximum Gasteiger partial charge on any atom is 0.130 e. The molecule has 0 saturated carbocycles. The fourth-order valence-corrected chi connectivity index (χ4v) is 1.50. The molecule has 0 atom stereocenters. The molecule has 18 heavy (non-hydrogen) atoms. The third kappa shape index (κ3) is 4.96. The van der Waals surface area contributed by atoms with Crippen LogP contribution in [-0.4, -0.2) is 12.1 Å². The first kappa shape index (κ1) is 14.8. The Hall–Kier alpha value is -1.22. The quantitative estimate of drug-likeness (QED) is 0.850. The van der Waals surface area contributed by atoms with Gasteiger partial charge < -0.3 is 5.32 Å². The van der Waals surface area contributed by atoms with Crippen molar-refractivity contribution in [3.05, 3.63) is 41.0 Å². The summed E-state index contributed by atoms with van der Waals surface area (Å²) in [6.45, 7) is 8.90. The Morgan fingerprint density at radius 3 is 2.50 bits per heavy atom. The van der Waals surface area contributed by atoms with Crippen molar-refractivity contribution in [2.45, 2.75) is 39.7 Å². The fourth-order valence-electron chi connectivity index (χ4n) is 1.50. The van der Waals surface area contributed by atoms with Crippen LogP contribution in [-0.2, 0) is 0 Å². The largest absolute Gasteiger partial charge is 0.308 e. The maximum absolute atomic E-state index is 13.5. The number of rotatable bonds is 4. The van der Waals surface area contributed by atoms with Crippen LogP contribution in [0.15, 0.2) is 23.8 Å². The molecule has 0 spiro atoms. The van der Waals surface area contributed by atoms with Crippen LogP contribution in [0.3, 0.4) is 0 Å². The average Bonchev–Trinajstić information content (AvgIpc) is 2.27. The molecule has 0 radical (unpaired) electrons. The predicted molar refractivity (Wildman–Crippen MR) is 72.4 cm³/mol. The van der Waals surface area contributed by atoms with Crippen molar-refractivity contribution in [1.29, 1.82) is 0 Å². The van der Waals surface area contributed by atoms with E-state index >= 15 is 0 Å². The Kier molecular flexibility index (Phi) is 5.03. The van der Waals surface area contributed by atoms with Crippen molar-refractivity contribution >= 4 is 6.08 Å². The van der Waals surface area contributed by atoms with Gasteiger partial charge in [0.05, 0.1) is 0 Å². The summed E-state index contributed by atoms with van der Waals surface area (Å²) in [5.74, 6) is -0.806. The first-order valence-electron chi connectivity index (χ1n) is 6.21. The van der Waals surface area contributed by atoms with Crippen molar-refractivity contribution in [3.63, 3.8) is 0 Å². The van der Waals surface area contributed by atoms with Gasteiger partial charge in [-0.15, -0.1) is 0 Å². The molecule has 0 saturated heterocycles. The minimum atomic E-state index is -0.415. The van der Waals surface area contributed by atoms with Gasteiger partial charge in [0.2, 0.25) is 0 Å². The van der Waals surface area contributed by atoms with E-state index in [0.717, 1.165) is 24.1 Å². The average molecular weight is 253 g/mol. The Morgan fingerprint density at radius 2 is 1.94 bits per heavy atom. The molecule has 0 fully saturated rings. The number of hydrogen-bond acceptors (Lipinski definition) is 1. The molecular formula is C15H21F2N. The summed E-state index contributed by atoms with van der Waals surface area (Å²) < 4.78 is 26.6. The molecule has 1 aromatic rings. The standard InChI is InChI=1S/C15H21F2N/c1-5-11(10-18-15(2,3)4)8-12-9-13(16)6-7-14(12)17/h6-9,18H,5,10H2,1-4H3. The van der Waals surface area contributed by atoms with E-state index < -0.39 is 11.6 Å². The lowest BCUT2D eigenvalue weighted by Gasteiger charge is -2.21. The van der Waals surface area contributed by atoms with Crippen LogP contribution in [0.5, 0.6) is 0 Å². The van der Waals surface area contributed by atoms with Gasteiger partial charge in [-0.1, -0.05) is 18.6 Å². The molecule has 1 nitrogen and oxygen atoms in total. The van der Waals surface area contributed by atoms with Crippen molar-refractivity contribution in [3.8, 4) is 0 Å². The van der Waals surface area contributed by atoms with Crippen molar-refractivity contribution < 1.29 is 8.78 Å². The highest BCUT2D eigenvalue weighted by Gasteiger charge is 2.09. The van der Waals surface area contributed by atoms with E-state index in [4.69, 9.17) is 0 Å². The van der Waals surface area contributed by atoms with Gasteiger partial charge in [-0.05, 0) is 45.4 Å². The maximum atomic E-state index is 13.5. The van der Waals surface area contributed by atoms with E-state index in [9.17, 15) is 8.78 Å². The Balaban J connectivity index is 2.87. The van der Waals surface area contributed by atoms with Crippen LogP contribution in [0.4, 0.5) is 8.78 Å². The minimum Gasteiger partial charge on any atom is -0.308 e. The topological polar surface area (TPSA) is 12.0 Å². The molecule has 1 rings (SSSR count). The highest BCUT2D eigenvalue weighted by Crippen LogP contribution is 2.15. The van der Waals surface area contributed by atoms with Gasteiger partial charge in [-0.2, -0.15) is 0 Å². The Bertz CT molecular complexity index is 431. The van der Waals surface area contributed by atoms with E-state index in [0.29, 0.717) is 12.1 Å². The van der Waals surface area contributed by atoms with Gasteiger partial charge in [0.25, 0.3) is 0 Å². The number of halogens is 2. The van der Waals surface area contributed by atoms with Crippen LogP contribution in [0.1, 0.15) is 39.7 Å². The van der Waals surface area contributed by atoms with Crippen molar-refractivity contribution in [1.82, 2.24) is 5.32 Å². The summed E-state index contributed by atoms with van der Waals surface area (Å²) >= 11 is 0. The van der Waals surface area contributed by atoms with Crippen LogP contribution >= 0.6 is 0 Å². The third-order valence-corrected chi connectivity index (χ3v) is 2.62. The second-order valence-electron chi connectivity index (χ2n) is 5.43. The summed E-state index contributed by atoms with van der Waals surface area (Å²) in [7, 11) is 0. The van der Waals surface area contributed by atoms with Crippen molar-refractivity contribution in [2.75, 3.05) is 6.54 Å². The van der Waals surface area contributed by atoms with E-state index in [-0.39, 0.29) is 5.54 Å². The van der Waals surface area contributed by atoms with Crippen LogP contribution in [0, 0.1) is 11.6 Å². The van der Waals surface area contributed by atoms with Gasteiger partial charge in [0.1, 0.15) is 11.6 Å². The lowest BCUT2D eigenvalue weighted by atomic mass is 10.1. The molecule has 0 heterocycles. The smallest absolute Gasteiger partial charge is 0.130 e. The Morgan fingerprint density at radius 1 is 1.28 bits per heavy atom. The lowest BCUT2D eigenvalue weighted by molar-refractivity contribution is 0.443. The second-order valence-corrected chi connectivity index (χ2v) is 5.43. The Labute approximate surface area is 108 Å². The molecule has 0 aliphatic rings. The number of hydrogen-bond donors (Lipinski definition) is 1. The third-order valence-electron chi connectivity index (χ3n) is 2.62. The van der Waals surface area contributed by atoms with Crippen LogP contribution < -0.4 is 5.32 Å². The van der Waals surface area contributed by atoms with Gasteiger partial charge in [0.15, 0.2) is 0 Å². The monoisotopic (exact) mass is 253 g/mol. The molecule has 1 aromatic carbocycles. The number of benzene rings is 1. The molecule has 0 aromatic heterocycles. The molecular weight excluding hydrogens is 232 g/mol. The molecule has 0 aliphatic heterocycles. The molecule has 0 amide bonds. The summed E-state index contributed by atoms with van der Waals surface area (Å²) in [4.78, 5) is 0. The predicted octanol–water partition coefficient (Wildman–Crippen LogP) is 4.15. The van der Waals surface area contributed by atoms with Gasteiger partial charge in [-0.3, -0.25) is 0 Å². The minimum absolute atomic E-state index is 0.00867. The van der Waals surface area contributed by atoms with E-state index in [1.807, 2.05) is 6.92 Å². The summed E-state index contributed by atoms with van der Waals surface area (Å²) in [6, 6.07) is 3.51. The second kappa shape index (κ2) is 6.10. The van der Waals surface area contributed by atoms with Crippen LogP contribution in [0.25, 0.3) is 6.08 Å². The molecule has 0 unspecified atom stereocenters. The zero-order valence-corrected chi connectivity index (χ0v) is 11.5. The SMILES string of the molecule is CCC(=Cc1cc(F)ccc1F)CNC(C)(C)C. The van der Waals surface area contributed by atoms with Crippen LogP contribution in [0.2, 0.25) is 0 Å². The van der Waals surface area contributed by atoms with Gasteiger partial charge >= 0.3 is 0 Å². The first-order valence-corrected chi connectivity index (χ1v) is 6.21. The van der Waals surface area contributed by atoms with E-state index in [2.05, 4.69) is 26.1 Å². The normalized spacial score (nSPS) is 12.9. The fraction of sp³-hybridized carbons (Fsp3) is 0.467. The zero-order chi connectivity index (χ0) is 13.8. The highest BCUT2D eigenvalue weighted by atomic mass is 19.1. The van der Waals surface area contributed by atoms with E-state index in [1.165, 1.54) is 6.07 Å². The molecule has 3 heteroatoms. The summed E-state index contributed by atoms with van der Waals surface area (Å²) in [5.41, 5.74) is 1.37. The summed E-state index contributed by atoms with van der Waals surface area (Å²) in [6.07, 6.45) is 2.52. The van der Waals surface area contributed by atoms with E-state index in [1.54, 1.807) is 6.08 Å². The molecule has 0 aliphatic carbocycles. The molecule has 100 valence electrons. The highest BCUT2D eigenvalue weighted by molar-refractivity contribution is 5.54. The number of nitrogens with one attached hydrogen (secondary N) is 1. The first-order chi connectivity index (χ1) is 8.31. The lowest BCUT2D eigenvalue weighted by Crippen LogP contribution is -2.36. The molecule has 1 N–H and O–H groups in total. The van der Waals surface area contributed by atoms with Gasteiger partial charge in [0, 0.05) is 17.6 Å².